The van der Waals surface area contributed by atoms with Gasteiger partial charge >= 0.3 is 0 Å². The number of hydrogen-bond acceptors (Lipinski definition) is 5. The highest BCUT2D eigenvalue weighted by molar-refractivity contribution is 7.89. The summed E-state index contributed by atoms with van der Waals surface area (Å²) in [6.07, 6.45) is 5.36. The average molecular weight is 465 g/mol. The number of nitrogens with one attached hydrogen (secondary N) is 1. The fourth-order valence-electron chi connectivity index (χ4n) is 4.52. The molecule has 2 aliphatic heterocycles. The number of carbonyl (C=O) groups is 1. The molecular formula is C24H40N4O3S. The van der Waals surface area contributed by atoms with Crippen molar-refractivity contribution in [1.29, 1.82) is 0 Å². The number of hydrogen-bond donors (Lipinski definition) is 1. The zero-order valence-electron chi connectivity index (χ0n) is 19.8. The predicted octanol–water partition coefficient (Wildman–Crippen LogP) is 2.18. The molecule has 32 heavy (non-hydrogen) atoms. The Kier molecular flexibility index (Phi) is 9.52. The maximum absolute atomic E-state index is 13.5. The maximum atomic E-state index is 13.5. The third-order valence-electron chi connectivity index (χ3n) is 6.32. The highest BCUT2D eigenvalue weighted by atomic mass is 32.2. The molecule has 2 heterocycles. The summed E-state index contributed by atoms with van der Waals surface area (Å²) in [5.74, 6) is 0.407. The van der Waals surface area contributed by atoms with Gasteiger partial charge in [0, 0.05) is 32.7 Å². The first-order valence-electron chi connectivity index (χ1n) is 12.2. The number of rotatable bonds is 10. The normalized spacial score (nSPS) is 18.4. The monoisotopic (exact) mass is 464 g/mol. The van der Waals surface area contributed by atoms with E-state index in [1.807, 2.05) is 12.1 Å². The molecule has 2 saturated heterocycles. The second kappa shape index (κ2) is 12.1. The van der Waals surface area contributed by atoms with Crippen molar-refractivity contribution in [3.05, 3.63) is 29.8 Å². The van der Waals surface area contributed by atoms with Gasteiger partial charge in [-0.1, -0.05) is 32.4 Å². The van der Waals surface area contributed by atoms with E-state index >= 15 is 0 Å². The van der Waals surface area contributed by atoms with E-state index in [1.54, 1.807) is 17.0 Å². The quantitative estimate of drug-likeness (QED) is 0.575. The summed E-state index contributed by atoms with van der Waals surface area (Å²) in [4.78, 5) is 17.4. The van der Waals surface area contributed by atoms with Gasteiger partial charge in [0.25, 0.3) is 0 Å². The lowest BCUT2D eigenvalue weighted by Crippen LogP contribution is -2.50. The first-order valence-corrected chi connectivity index (χ1v) is 13.6. The molecule has 1 aromatic carbocycles. The molecule has 0 atom stereocenters. The van der Waals surface area contributed by atoms with Crippen LogP contribution in [0.1, 0.15) is 45.1 Å². The van der Waals surface area contributed by atoms with E-state index in [-0.39, 0.29) is 17.3 Å². The Bertz CT molecular complexity index is 814. The zero-order chi connectivity index (χ0) is 23.0. The third kappa shape index (κ3) is 7.27. The van der Waals surface area contributed by atoms with Gasteiger partial charge in [-0.05, 0) is 68.9 Å². The Hall–Kier alpha value is -1.48. The molecular weight excluding hydrogens is 424 g/mol. The lowest BCUT2D eigenvalue weighted by Gasteiger charge is -2.31. The summed E-state index contributed by atoms with van der Waals surface area (Å²) in [6, 6.07) is 7.19. The van der Waals surface area contributed by atoms with E-state index in [0.717, 1.165) is 51.1 Å². The fourth-order valence-corrected chi connectivity index (χ4v) is 5.95. The number of carbonyl (C=O) groups excluding carboxylic acids is 1. The molecule has 0 saturated carbocycles. The van der Waals surface area contributed by atoms with E-state index in [4.69, 9.17) is 0 Å². The first kappa shape index (κ1) is 25.1. The Balaban J connectivity index is 1.70. The van der Waals surface area contributed by atoms with Gasteiger partial charge < -0.3 is 15.1 Å². The number of amides is 1. The topological polar surface area (TPSA) is 73.0 Å². The summed E-state index contributed by atoms with van der Waals surface area (Å²) in [6.45, 7) is 10.4. The molecule has 1 aromatic rings. The van der Waals surface area contributed by atoms with E-state index in [1.165, 1.54) is 23.6 Å². The molecule has 0 unspecified atom stereocenters. The summed E-state index contributed by atoms with van der Waals surface area (Å²) in [7, 11) is -3.73. The van der Waals surface area contributed by atoms with Crippen molar-refractivity contribution in [2.75, 3.05) is 58.9 Å². The minimum atomic E-state index is -3.73. The average Bonchev–Trinajstić information content (AvgIpc) is 2.79. The van der Waals surface area contributed by atoms with Crippen LogP contribution in [-0.4, -0.2) is 87.3 Å². The summed E-state index contributed by atoms with van der Waals surface area (Å²) in [5, 5.41) is 3.24. The standard InChI is InChI=1S/C24H40N4O3S/c1-21(2)19-22-7-9-23(10-8-22)32(30,31)28(16-6-15-26-13-4-3-5-14-26)20-24(29)27-17-11-25-12-18-27/h7-10,21,25H,3-6,11-20H2,1-2H3. The van der Waals surface area contributed by atoms with Crippen molar-refractivity contribution in [1.82, 2.24) is 19.4 Å². The zero-order valence-corrected chi connectivity index (χ0v) is 20.6. The smallest absolute Gasteiger partial charge is 0.243 e. The molecule has 0 bridgehead atoms. The van der Waals surface area contributed by atoms with Crippen LogP contribution in [-0.2, 0) is 21.2 Å². The highest BCUT2D eigenvalue weighted by Crippen LogP contribution is 2.19. The minimum absolute atomic E-state index is 0.0872. The lowest BCUT2D eigenvalue weighted by atomic mass is 10.0. The van der Waals surface area contributed by atoms with Crippen molar-refractivity contribution < 1.29 is 13.2 Å². The Labute approximate surface area is 194 Å². The second-order valence-electron chi connectivity index (χ2n) is 9.47. The van der Waals surface area contributed by atoms with Crippen LogP contribution in [0.15, 0.2) is 29.2 Å². The summed E-state index contributed by atoms with van der Waals surface area (Å²) in [5.41, 5.74) is 1.13. The van der Waals surface area contributed by atoms with Crippen molar-refractivity contribution in [2.24, 2.45) is 5.92 Å². The maximum Gasteiger partial charge on any atom is 0.243 e. The Morgan fingerprint density at radius 2 is 1.69 bits per heavy atom. The van der Waals surface area contributed by atoms with Gasteiger partial charge in [0.2, 0.25) is 15.9 Å². The van der Waals surface area contributed by atoms with E-state index in [2.05, 4.69) is 24.1 Å². The molecule has 3 rings (SSSR count). The Morgan fingerprint density at radius 1 is 1.03 bits per heavy atom. The molecule has 2 aliphatic rings. The van der Waals surface area contributed by atoms with Gasteiger partial charge in [0.05, 0.1) is 11.4 Å². The van der Waals surface area contributed by atoms with Gasteiger partial charge in [-0.2, -0.15) is 4.31 Å². The molecule has 0 spiro atoms. The van der Waals surface area contributed by atoms with Crippen LogP contribution >= 0.6 is 0 Å². The van der Waals surface area contributed by atoms with E-state index < -0.39 is 10.0 Å². The van der Waals surface area contributed by atoms with Crippen LogP contribution < -0.4 is 5.32 Å². The number of nitrogens with zero attached hydrogens (tertiary/aromatic N) is 3. The largest absolute Gasteiger partial charge is 0.339 e. The van der Waals surface area contributed by atoms with Crippen LogP contribution in [0.3, 0.4) is 0 Å². The molecule has 0 aliphatic carbocycles. The van der Waals surface area contributed by atoms with Crippen LogP contribution in [0.4, 0.5) is 0 Å². The highest BCUT2D eigenvalue weighted by Gasteiger charge is 2.29. The van der Waals surface area contributed by atoms with Crippen molar-refractivity contribution in [3.8, 4) is 0 Å². The van der Waals surface area contributed by atoms with E-state index in [9.17, 15) is 13.2 Å². The fraction of sp³-hybridized carbons (Fsp3) is 0.708. The number of benzene rings is 1. The Morgan fingerprint density at radius 3 is 2.31 bits per heavy atom. The molecule has 2 fully saturated rings. The summed E-state index contributed by atoms with van der Waals surface area (Å²) >= 11 is 0. The second-order valence-corrected chi connectivity index (χ2v) is 11.4. The number of sulfonamides is 1. The van der Waals surface area contributed by atoms with Gasteiger partial charge in [-0.3, -0.25) is 4.79 Å². The molecule has 0 radical (unpaired) electrons. The number of likely N-dealkylation sites (tertiary alicyclic amines) is 1. The van der Waals surface area contributed by atoms with Gasteiger partial charge in [-0.25, -0.2) is 8.42 Å². The molecule has 1 amide bonds. The van der Waals surface area contributed by atoms with Crippen molar-refractivity contribution in [3.63, 3.8) is 0 Å². The lowest BCUT2D eigenvalue weighted by molar-refractivity contribution is -0.132. The molecule has 180 valence electrons. The minimum Gasteiger partial charge on any atom is -0.339 e. The number of piperazine rings is 1. The SMILES string of the molecule is CC(C)Cc1ccc(S(=O)(=O)N(CCCN2CCCCC2)CC(=O)N2CCNCC2)cc1. The van der Waals surface area contributed by atoms with Crippen molar-refractivity contribution in [2.45, 2.75) is 50.8 Å². The molecule has 8 heteroatoms. The molecule has 7 nitrogen and oxygen atoms in total. The van der Waals surface area contributed by atoms with Crippen LogP contribution in [0.5, 0.6) is 0 Å². The summed E-state index contributed by atoms with van der Waals surface area (Å²) < 4.78 is 28.4. The van der Waals surface area contributed by atoms with Crippen LogP contribution in [0.2, 0.25) is 0 Å². The number of piperidine rings is 1. The van der Waals surface area contributed by atoms with Crippen LogP contribution in [0, 0.1) is 5.92 Å². The first-order chi connectivity index (χ1) is 15.4. The van der Waals surface area contributed by atoms with Gasteiger partial charge in [0.1, 0.15) is 0 Å². The van der Waals surface area contributed by atoms with Crippen LogP contribution in [0.25, 0.3) is 0 Å². The van der Waals surface area contributed by atoms with Gasteiger partial charge in [0.15, 0.2) is 0 Å². The van der Waals surface area contributed by atoms with E-state index in [0.29, 0.717) is 25.6 Å². The molecule has 0 aromatic heterocycles. The predicted molar refractivity (Wildman–Crippen MR) is 128 cm³/mol. The van der Waals surface area contributed by atoms with Crippen molar-refractivity contribution >= 4 is 15.9 Å². The molecule has 1 N–H and O–H groups in total. The van der Waals surface area contributed by atoms with Gasteiger partial charge in [-0.15, -0.1) is 0 Å². The third-order valence-corrected chi connectivity index (χ3v) is 8.18.